The van der Waals surface area contributed by atoms with Crippen molar-refractivity contribution in [2.45, 2.75) is 18.9 Å². The van der Waals surface area contributed by atoms with Crippen LogP contribution in [-0.4, -0.2) is 25.0 Å². The molecule has 0 saturated heterocycles. The van der Waals surface area contributed by atoms with E-state index in [0.717, 1.165) is 12.8 Å². The Hall–Kier alpha value is -1.76. The van der Waals surface area contributed by atoms with Crippen LogP contribution in [0.15, 0.2) is 16.9 Å². The van der Waals surface area contributed by atoms with Crippen LogP contribution in [0.2, 0.25) is 0 Å². The van der Waals surface area contributed by atoms with Gasteiger partial charge in [0.25, 0.3) is 5.56 Å². The van der Waals surface area contributed by atoms with Crippen molar-refractivity contribution in [3.8, 4) is 11.5 Å². The molecule has 1 saturated carbocycles. The lowest BCUT2D eigenvalue weighted by molar-refractivity contribution is 0.731. The summed E-state index contributed by atoms with van der Waals surface area (Å²) in [5.74, 6) is 0.684. The molecule has 2 aromatic rings. The van der Waals surface area contributed by atoms with Crippen LogP contribution >= 0.6 is 12.2 Å². The highest BCUT2D eigenvalue weighted by molar-refractivity contribution is 7.71. The standard InChI is InChI=1S/C9H9N5OS/c15-7-4-3-6(10-11-7)8-12-13-9(16)14(8)5-1-2-5/h3-5H,1-2H2,(H,11,15)(H,13,16). The van der Waals surface area contributed by atoms with Gasteiger partial charge in [0.15, 0.2) is 10.6 Å². The van der Waals surface area contributed by atoms with E-state index < -0.39 is 0 Å². The molecular formula is C9H9N5OS. The molecule has 6 nitrogen and oxygen atoms in total. The monoisotopic (exact) mass is 235 g/mol. The summed E-state index contributed by atoms with van der Waals surface area (Å²) in [7, 11) is 0. The largest absolute Gasteiger partial charge is 0.296 e. The van der Waals surface area contributed by atoms with E-state index in [0.29, 0.717) is 22.3 Å². The number of rotatable bonds is 2. The van der Waals surface area contributed by atoms with E-state index in [4.69, 9.17) is 12.2 Å². The summed E-state index contributed by atoms with van der Waals surface area (Å²) in [5, 5.41) is 13.2. The molecule has 0 unspecified atom stereocenters. The lowest BCUT2D eigenvalue weighted by Gasteiger charge is -2.02. The Balaban J connectivity index is 2.15. The molecule has 1 fully saturated rings. The van der Waals surface area contributed by atoms with Crippen molar-refractivity contribution < 1.29 is 0 Å². The molecule has 16 heavy (non-hydrogen) atoms. The smallest absolute Gasteiger partial charge is 0.264 e. The molecule has 2 aromatic heterocycles. The number of nitrogens with one attached hydrogen (secondary N) is 2. The van der Waals surface area contributed by atoms with Crippen molar-refractivity contribution in [2.24, 2.45) is 0 Å². The van der Waals surface area contributed by atoms with Crippen molar-refractivity contribution in [2.75, 3.05) is 0 Å². The van der Waals surface area contributed by atoms with Gasteiger partial charge in [-0.15, -0.1) is 0 Å². The van der Waals surface area contributed by atoms with Gasteiger partial charge in [0.05, 0.1) is 0 Å². The fraction of sp³-hybridized carbons (Fsp3) is 0.333. The van der Waals surface area contributed by atoms with Gasteiger partial charge in [-0.05, 0) is 31.1 Å². The van der Waals surface area contributed by atoms with Gasteiger partial charge in [-0.25, -0.2) is 5.10 Å². The first-order valence-electron chi connectivity index (χ1n) is 4.99. The zero-order valence-electron chi connectivity index (χ0n) is 8.30. The number of aromatic nitrogens is 5. The number of aromatic amines is 2. The average molecular weight is 235 g/mol. The zero-order chi connectivity index (χ0) is 11.1. The summed E-state index contributed by atoms with van der Waals surface area (Å²) in [6.07, 6.45) is 2.23. The van der Waals surface area contributed by atoms with Gasteiger partial charge in [-0.3, -0.25) is 14.5 Å². The minimum atomic E-state index is -0.226. The van der Waals surface area contributed by atoms with Gasteiger partial charge in [0.2, 0.25) is 0 Å². The molecule has 2 heterocycles. The first kappa shape index (κ1) is 9.46. The number of hydrogen-bond donors (Lipinski definition) is 2. The maximum Gasteiger partial charge on any atom is 0.264 e. The van der Waals surface area contributed by atoms with Gasteiger partial charge >= 0.3 is 0 Å². The predicted octanol–water partition coefficient (Wildman–Crippen LogP) is 1.03. The van der Waals surface area contributed by atoms with Gasteiger partial charge in [-0.1, -0.05) is 0 Å². The van der Waals surface area contributed by atoms with Crippen LogP contribution in [0.5, 0.6) is 0 Å². The lowest BCUT2D eigenvalue weighted by atomic mass is 10.3. The van der Waals surface area contributed by atoms with Crippen molar-refractivity contribution >= 4 is 12.2 Å². The summed E-state index contributed by atoms with van der Waals surface area (Å²) in [5.41, 5.74) is 0.398. The highest BCUT2D eigenvalue weighted by Gasteiger charge is 2.28. The topological polar surface area (TPSA) is 79.4 Å². The third kappa shape index (κ3) is 1.49. The minimum absolute atomic E-state index is 0.226. The summed E-state index contributed by atoms with van der Waals surface area (Å²) < 4.78 is 2.56. The Kier molecular flexibility index (Phi) is 2.00. The third-order valence-electron chi connectivity index (χ3n) is 2.52. The first-order chi connectivity index (χ1) is 7.75. The van der Waals surface area contributed by atoms with Crippen LogP contribution in [0, 0.1) is 4.77 Å². The fourth-order valence-corrected chi connectivity index (χ4v) is 1.91. The molecule has 0 radical (unpaired) electrons. The van der Waals surface area contributed by atoms with Gasteiger partial charge < -0.3 is 0 Å². The van der Waals surface area contributed by atoms with Crippen LogP contribution in [-0.2, 0) is 0 Å². The number of hydrogen-bond acceptors (Lipinski definition) is 4. The molecule has 1 aliphatic rings. The maximum absolute atomic E-state index is 10.9. The molecule has 1 aliphatic carbocycles. The van der Waals surface area contributed by atoms with E-state index in [1.807, 2.05) is 4.57 Å². The van der Waals surface area contributed by atoms with Crippen LogP contribution in [0.4, 0.5) is 0 Å². The second-order valence-electron chi connectivity index (χ2n) is 3.76. The minimum Gasteiger partial charge on any atom is -0.296 e. The van der Waals surface area contributed by atoms with E-state index >= 15 is 0 Å². The van der Waals surface area contributed by atoms with Crippen LogP contribution in [0.25, 0.3) is 11.5 Å². The number of nitrogens with zero attached hydrogens (tertiary/aromatic N) is 3. The lowest BCUT2D eigenvalue weighted by Crippen LogP contribution is -2.07. The van der Waals surface area contributed by atoms with E-state index in [1.165, 1.54) is 6.07 Å². The maximum atomic E-state index is 10.9. The highest BCUT2D eigenvalue weighted by Crippen LogP contribution is 2.37. The van der Waals surface area contributed by atoms with Crippen molar-refractivity contribution in [1.82, 2.24) is 25.0 Å². The second kappa shape index (κ2) is 3.38. The Morgan fingerprint density at radius 2 is 2.12 bits per heavy atom. The summed E-state index contributed by atoms with van der Waals surface area (Å²) in [6, 6.07) is 3.50. The predicted molar refractivity (Wildman–Crippen MR) is 59.5 cm³/mol. The molecular weight excluding hydrogens is 226 g/mol. The SMILES string of the molecule is O=c1ccc(-c2n[nH]c(=S)n2C2CC2)n[nH]1. The Bertz CT molecular complexity index is 615. The molecule has 0 aromatic carbocycles. The molecule has 0 aliphatic heterocycles. The summed E-state index contributed by atoms with van der Waals surface area (Å²) >= 11 is 5.16. The molecule has 2 N–H and O–H groups in total. The van der Waals surface area contributed by atoms with Crippen LogP contribution < -0.4 is 5.56 Å². The molecule has 0 bridgehead atoms. The third-order valence-corrected chi connectivity index (χ3v) is 2.81. The normalized spacial score (nSPS) is 15.2. The van der Waals surface area contributed by atoms with Crippen molar-refractivity contribution in [3.63, 3.8) is 0 Å². The second-order valence-corrected chi connectivity index (χ2v) is 4.15. The zero-order valence-corrected chi connectivity index (χ0v) is 9.12. The van der Waals surface area contributed by atoms with E-state index in [1.54, 1.807) is 6.07 Å². The van der Waals surface area contributed by atoms with E-state index in [9.17, 15) is 4.79 Å². The molecule has 82 valence electrons. The van der Waals surface area contributed by atoms with Gasteiger partial charge in [0, 0.05) is 12.1 Å². The Morgan fingerprint density at radius 3 is 2.75 bits per heavy atom. The van der Waals surface area contributed by atoms with Crippen molar-refractivity contribution in [1.29, 1.82) is 0 Å². The van der Waals surface area contributed by atoms with E-state index in [2.05, 4.69) is 20.4 Å². The molecule has 0 atom stereocenters. The molecule has 7 heteroatoms. The van der Waals surface area contributed by atoms with Crippen molar-refractivity contribution in [3.05, 3.63) is 27.3 Å². The van der Waals surface area contributed by atoms with Crippen LogP contribution in [0.1, 0.15) is 18.9 Å². The Morgan fingerprint density at radius 1 is 1.31 bits per heavy atom. The molecule has 0 amide bonds. The summed E-state index contributed by atoms with van der Waals surface area (Å²) in [6.45, 7) is 0. The van der Waals surface area contributed by atoms with E-state index in [-0.39, 0.29) is 5.56 Å². The fourth-order valence-electron chi connectivity index (χ4n) is 1.63. The quantitative estimate of drug-likeness (QED) is 0.762. The Labute approximate surface area is 95.3 Å². The molecule has 0 spiro atoms. The van der Waals surface area contributed by atoms with Gasteiger partial charge in [0.1, 0.15) is 5.69 Å². The number of H-pyrrole nitrogens is 2. The average Bonchev–Trinajstić information content (AvgIpc) is 3.04. The summed E-state index contributed by atoms with van der Waals surface area (Å²) in [4.78, 5) is 10.9. The van der Waals surface area contributed by atoms with Gasteiger partial charge in [-0.2, -0.15) is 10.2 Å². The van der Waals surface area contributed by atoms with Crippen LogP contribution in [0.3, 0.4) is 0 Å². The highest BCUT2D eigenvalue weighted by atomic mass is 32.1. The first-order valence-corrected chi connectivity index (χ1v) is 5.39. The molecule has 3 rings (SSSR count).